The highest BCUT2D eigenvalue weighted by Gasteiger charge is 2.35. The number of aliphatic hydroxyl groups is 1. The van der Waals surface area contributed by atoms with Gasteiger partial charge in [-0.1, -0.05) is 53.5 Å². The molecule has 180 valence electrons. The van der Waals surface area contributed by atoms with Gasteiger partial charge in [-0.2, -0.15) is 0 Å². The predicted molar refractivity (Wildman–Crippen MR) is 138 cm³/mol. The van der Waals surface area contributed by atoms with E-state index in [1.807, 2.05) is 30.3 Å². The van der Waals surface area contributed by atoms with Gasteiger partial charge in [-0.05, 0) is 50.6 Å². The third-order valence-corrected chi connectivity index (χ3v) is 6.14. The summed E-state index contributed by atoms with van der Waals surface area (Å²) in [5.74, 6) is -0.920. The Morgan fingerprint density at radius 2 is 1.74 bits per heavy atom. The molecule has 0 fully saturated rings. The number of rotatable bonds is 6. The Kier molecular flexibility index (Phi) is 6.60. The number of hydrogen-bond acceptors (Lipinski definition) is 5. The van der Waals surface area contributed by atoms with E-state index in [4.69, 9.17) is 38.3 Å². The van der Waals surface area contributed by atoms with Gasteiger partial charge >= 0.3 is 6.03 Å². The van der Waals surface area contributed by atoms with E-state index in [1.165, 1.54) is 18.7 Å². The number of carbonyl (C=O) groups is 2. The van der Waals surface area contributed by atoms with E-state index < -0.39 is 17.4 Å². The number of aromatic nitrogens is 1. The van der Waals surface area contributed by atoms with Gasteiger partial charge < -0.3 is 15.3 Å². The molecule has 3 N–H and O–H groups in total. The normalized spacial score (nSPS) is 11.6. The van der Waals surface area contributed by atoms with E-state index in [2.05, 4.69) is 0 Å². The number of ketones is 1. The molecule has 0 atom stereocenters. The van der Waals surface area contributed by atoms with Crippen LogP contribution < -0.4 is 10.6 Å². The number of nitrogens with zero attached hydrogens (tertiary/aromatic N) is 2. The zero-order valence-electron chi connectivity index (χ0n) is 19.3. The molecule has 0 aliphatic heterocycles. The molecule has 9 heteroatoms. The number of furan rings is 1. The van der Waals surface area contributed by atoms with Crippen LogP contribution in [0.5, 0.6) is 0 Å². The number of nitrogens with two attached hydrogens (primary N) is 1. The van der Waals surface area contributed by atoms with Crippen molar-refractivity contribution in [1.29, 1.82) is 0 Å². The van der Waals surface area contributed by atoms with Crippen LogP contribution in [0.25, 0.3) is 33.5 Å². The first kappa shape index (κ1) is 24.7. The summed E-state index contributed by atoms with van der Waals surface area (Å²) in [6.45, 7) is 4.56. The van der Waals surface area contributed by atoms with Crippen LogP contribution >= 0.6 is 23.2 Å². The summed E-state index contributed by atoms with van der Waals surface area (Å²) in [6, 6.07) is 15.4. The average Bonchev–Trinajstić information content (AvgIpc) is 3.16. The molecule has 4 rings (SSSR count). The smallest absolute Gasteiger partial charge is 0.319 e. The maximum atomic E-state index is 13.1. The molecule has 35 heavy (non-hydrogen) atoms. The molecule has 0 bridgehead atoms. The fourth-order valence-corrected chi connectivity index (χ4v) is 4.19. The van der Waals surface area contributed by atoms with E-state index in [-0.39, 0.29) is 23.7 Å². The van der Waals surface area contributed by atoms with Crippen LogP contribution in [-0.2, 0) is 0 Å². The molecule has 2 aromatic carbocycles. The van der Waals surface area contributed by atoms with Crippen molar-refractivity contribution < 1.29 is 19.1 Å². The van der Waals surface area contributed by atoms with Gasteiger partial charge in [-0.3, -0.25) is 9.69 Å². The van der Waals surface area contributed by atoms with E-state index in [0.717, 1.165) is 5.56 Å². The first-order valence-electron chi connectivity index (χ1n) is 10.9. The quantitative estimate of drug-likeness (QED) is 0.294. The van der Waals surface area contributed by atoms with Crippen molar-refractivity contribution in [2.75, 3.05) is 11.4 Å². The fourth-order valence-electron chi connectivity index (χ4n) is 3.84. The summed E-state index contributed by atoms with van der Waals surface area (Å²) < 4.78 is 5.90. The Balaban J connectivity index is 2.13. The topological polar surface area (TPSA) is 110 Å². The number of carbonyl (C=O) groups excluding carboxylic acids is 2. The summed E-state index contributed by atoms with van der Waals surface area (Å²) in [4.78, 5) is 31.4. The molecule has 0 radical (unpaired) electrons. The number of pyridine rings is 1. The van der Waals surface area contributed by atoms with Gasteiger partial charge in [-0.25, -0.2) is 9.78 Å². The largest absolute Gasteiger partial charge is 0.432 e. The molecule has 0 aliphatic carbocycles. The number of Topliss-reactive ketones (excluding diaryl/α,β-unsaturated/α-hetero) is 1. The molecular formula is C26H23Cl2N3O4. The highest BCUT2D eigenvalue weighted by molar-refractivity contribution is 6.33. The first-order chi connectivity index (χ1) is 16.5. The Morgan fingerprint density at radius 1 is 1.09 bits per heavy atom. The van der Waals surface area contributed by atoms with Crippen LogP contribution in [0.1, 0.15) is 31.3 Å². The van der Waals surface area contributed by atoms with Crippen molar-refractivity contribution in [1.82, 2.24) is 4.98 Å². The van der Waals surface area contributed by atoms with Crippen LogP contribution in [0, 0.1) is 0 Å². The minimum absolute atomic E-state index is 0.0972. The lowest BCUT2D eigenvalue weighted by Gasteiger charge is -2.21. The highest BCUT2D eigenvalue weighted by atomic mass is 35.5. The summed E-state index contributed by atoms with van der Waals surface area (Å²) in [7, 11) is 0. The minimum Gasteiger partial charge on any atom is -0.432 e. The molecule has 0 saturated carbocycles. The second kappa shape index (κ2) is 9.34. The lowest BCUT2D eigenvalue weighted by atomic mass is 9.97. The van der Waals surface area contributed by atoms with Gasteiger partial charge in [0, 0.05) is 27.7 Å². The van der Waals surface area contributed by atoms with Gasteiger partial charge in [0.15, 0.2) is 5.76 Å². The maximum absolute atomic E-state index is 13.1. The second-order valence-corrected chi connectivity index (χ2v) is 9.32. The Bertz CT molecular complexity index is 1440. The van der Waals surface area contributed by atoms with Crippen molar-refractivity contribution >= 4 is 51.8 Å². The number of amides is 2. The zero-order valence-corrected chi connectivity index (χ0v) is 20.8. The summed E-state index contributed by atoms with van der Waals surface area (Å²) in [5, 5.41) is 11.8. The summed E-state index contributed by atoms with van der Waals surface area (Å²) in [5.41, 5.74) is 6.73. The van der Waals surface area contributed by atoms with Crippen LogP contribution in [0.2, 0.25) is 10.0 Å². The molecule has 7 nitrogen and oxygen atoms in total. The van der Waals surface area contributed by atoms with E-state index in [1.54, 1.807) is 31.2 Å². The van der Waals surface area contributed by atoms with Crippen LogP contribution in [0.3, 0.4) is 0 Å². The van der Waals surface area contributed by atoms with Gasteiger partial charge in [-0.15, -0.1) is 0 Å². The second-order valence-electron chi connectivity index (χ2n) is 8.47. The monoisotopic (exact) mass is 511 g/mol. The number of primary amides is 1. The molecule has 2 heterocycles. The Labute approximate surface area is 212 Å². The van der Waals surface area contributed by atoms with Crippen LogP contribution in [-0.4, -0.2) is 34.1 Å². The van der Waals surface area contributed by atoms with E-state index in [0.29, 0.717) is 32.3 Å². The number of fused-ring (bicyclic) bond motifs is 1. The molecule has 0 saturated heterocycles. The molecule has 2 aromatic heterocycles. The third-order valence-electron chi connectivity index (χ3n) is 5.55. The standard InChI is InChI=1S/C26H23Cl2N3O4/c1-4-31(25(29)33)21-18-13-17(14-9-11-15(27)12-10-14)20(16-7-5-6-8-19(16)28)30-24(18)35-22(21)23(32)26(2,3)34/h5-13,34H,4H2,1-3H3,(H2,29,33). The van der Waals surface area contributed by atoms with Gasteiger partial charge in [0.25, 0.3) is 0 Å². The lowest BCUT2D eigenvalue weighted by Crippen LogP contribution is -2.38. The third kappa shape index (κ3) is 4.62. The molecule has 0 unspecified atom stereocenters. The molecular weight excluding hydrogens is 489 g/mol. The first-order valence-corrected chi connectivity index (χ1v) is 11.6. The lowest BCUT2D eigenvalue weighted by molar-refractivity contribution is 0.0462. The molecule has 2 amide bonds. The maximum Gasteiger partial charge on any atom is 0.319 e. The molecule has 4 aromatic rings. The van der Waals surface area contributed by atoms with Crippen molar-refractivity contribution in [2.45, 2.75) is 26.4 Å². The van der Waals surface area contributed by atoms with Crippen LogP contribution in [0.4, 0.5) is 10.5 Å². The van der Waals surface area contributed by atoms with Gasteiger partial charge in [0.2, 0.25) is 11.5 Å². The van der Waals surface area contributed by atoms with Crippen molar-refractivity contribution in [2.24, 2.45) is 5.73 Å². The van der Waals surface area contributed by atoms with Crippen molar-refractivity contribution in [3.05, 3.63) is 70.4 Å². The fraction of sp³-hybridized carbons (Fsp3) is 0.192. The number of anilines is 1. The summed E-state index contributed by atoms with van der Waals surface area (Å²) >= 11 is 12.6. The SMILES string of the molecule is CCN(C(N)=O)c1c(C(=O)C(C)(C)O)oc2nc(-c3ccccc3Cl)c(-c3ccc(Cl)cc3)cc12. The van der Waals surface area contributed by atoms with Gasteiger partial charge in [0.05, 0.1) is 11.1 Å². The van der Waals surface area contributed by atoms with Crippen LogP contribution in [0.15, 0.2) is 59.0 Å². The minimum atomic E-state index is -1.76. The predicted octanol–water partition coefficient (Wildman–Crippen LogP) is 6.33. The van der Waals surface area contributed by atoms with Crippen molar-refractivity contribution in [3.63, 3.8) is 0 Å². The number of urea groups is 1. The van der Waals surface area contributed by atoms with E-state index in [9.17, 15) is 14.7 Å². The zero-order chi connectivity index (χ0) is 25.5. The number of benzene rings is 2. The molecule has 0 spiro atoms. The van der Waals surface area contributed by atoms with Crippen molar-refractivity contribution in [3.8, 4) is 22.4 Å². The number of hydrogen-bond donors (Lipinski definition) is 2. The van der Waals surface area contributed by atoms with Gasteiger partial charge in [0.1, 0.15) is 11.3 Å². The van der Waals surface area contributed by atoms with E-state index >= 15 is 0 Å². The molecule has 0 aliphatic rings. The number of halogens is 2. The Morgan fingerprint density at radius 3 is 2.31 bits per heavy atom. The Hall–Kier alpha value is -3.39. The highest BCUT2D eigenvalue weighted by Crippen LogP contribution is 2.42. The summed E-state index contributed by atoms with van der Waals surface area (Å²) in [6.07, 6.45) is 0. The average molecular weight is 512 g/mol.